The summed E-state index contributed by atoms with van der Waals surface area (Å²) >= 11 is 0. The van der Waals surface area contributed by atoms with Crippen molar-refractivity contribution >= 4 is 29.3 Å². The predicted octanol–water partition coefficient (Wildman–Crippen LogP) is 2.01. The molecule has 0 aliphatic rings. The summed E-state index contributed by atoms with van der Waals surface area (Å²) in [5, 5.41) is 0.536. The molecule has 7 heteroatoms. The van der Waals surface area contributed by atoms with Crippen molar-refractivity contribution in [2.75, 3.05) is 7.11 Å². The van der Waals surface area contributed by atoms with Gasteiger partial charge in [0.05, 0.1) is 7.11 Å². The number of benzene rings is 1. The molecule has 2 rings (SSSR count). The molecule has 0 radical (unpaired) electrons. The van der Waals surface area contributed by atoms with Crippen molar-refractivity contribution in [3.05, 3.63) is 30.0 Å². The molecule has 1 heterocycles. The fraction of sp³-hybridized carbons (Fsp3) is 0.100. The van der Waals surface area contributed by atoms with Gasteiger partial charge in [-0.1, -0.05) is 18.2 Å². The molecule has 17 heavy (non-hydrogen) atoms. The summed E-state index contributed by atoms with van der Waals surface area (Å²) in [4.78, 5) is 13.8. The Labute approximate surface area is 94.6 Å². The summed E-state index contributed by atoms with van der Waals surface area (Å²) in [5.74, 6) is -0.611. The highest BCUT2D eigenvalue weighted by Crippen LogP contribution is 2.17. The van der Waals surface area contributed by atoms with Gasteiger partial charge < -0.3 is 22.7 Å². The number of hydrogen-bond donors (Lipinski definition) is 1. The summed E-state index contributed by atoms with van der Waals surface area (Å²) in [6.45, 7) is -5.03. The predicted molar refractivity (Wildman–Crippen MR) is 58.4 cm³/mol. The van der Waals surface area contributed by atoms with Crippen LogP contribution < -0.4 is 5.46 Å². The number of hydrogen-bond acceptors (Lipinski definition) is 2. The number of rotatable bonds is 2. The number of aromatic nitrogens is 1. The number of aromatic amines is 1. The molecular formula is C10H8BF3NO2-. The van der Waals surface area contributed by atoms with Crippen molar-refractivity contribution in [2.45, 2.75) is 0 Å². The lowest BCUT2D eigenvalue weighted by molar-refractivity contribution is 0.0595. The van der Waals surface area contributed by atoms with Crippen LogP contribution >= 0.6 is 0 Å². The maximum absolute atomic E-state index is 12.5. The van der Waals surface area contributed by atoms with Gasteiger partial charge in [-0.05, 0) is 6.07 Å². The smallest absolute Gasteiger partial charge is 0.464 e. The van der Waals surface area contributed by atoms with E-state index < -0.39 is 18.4 Å². The first kappa shape index (κ1) is 11.6. The molecule has 90 valence electrons. The van der Waals surface area contributed by atoms with E-state index in [0.717, 1.165) is 12.1 Å². The average molecular weight is 242 g/mol. The van der Waals surface area contributed by atoms with E-state index in [1.54, 1.807) is 0 Å². The Morgan fingerprint density at radius 2 is 2.00 bits per heavy atom. The normalized spacial score (nSPS) is 11.8. The number of methoxy groups -OCH3 is 1. The molecule has 0 aliphatic heterocycles. The van der Waals surface area contributed by atoms with E-state index >= 15 is 0 Å². The van der Waals surface area contributed by atoms with Gasteiger partial charge in [0, 0.05) is 10.9 Å². The topological polar surface area (TPSA) is 42.1 Å². The Morgan fingerprint density at radius 3 is 2.59 bits per heavy atom. The van der Waals surface area contributed by atoms with E-state index in [1.807, 2.05) is 0 Å². The van der Waals surface area contributed by atoms with Crippen LogP contribution in [0.2, 0.25) is 0 Å². The minimum Gasteiger partial charge on any atom is -0.464 e. The third-order valence-electron chi connectivity index (χ3n) is 2.43. The molecule has 2 aromatic rings. The summed E-state index contributed by atoms with van der Waals surface area (Å²) in [6.07, 6.45) is 0. The minimum atomic E-state index is -5.03. The van der Waals surface area contributed by atoms with E-state index in [4.69, 9.17) is 0 Å². The second-order valence-corrected chi connectivity index (χ2v) is 3.60. The van der Waals surface area contributed by atoms with Crippen LogP contribution in [0.1, 0.15) is 10.5 Å². The standard InChI is InChI=1S/C10H8BF3NO2/c1-17-10(16)9-4-6-2-3-7(11(12,13)14)5-8(6)15-9/h2-5,15H,1H3/q-1. The highest BCUT2D eigenvalue weighted by molar-refractivity contribution is 6.73. The van der Waals surface area contributed by atoms with Gasteiger partial charge in [0.2, 0.25) is 0 Å². The Kier molecular flexibility index (Phi) is 2.61. The molecule has 0 amide bonds. The van der Waals surface area contributed by atoms with Crippen LogP contribution in [-0.4, -0.2) is 25.0 Å². The molecule has 0 aliphatic carbocycles. The largest absolute Gasteiger partial charge is 0.509 e. The van der Waals surface area contributed by atoms with E-state index in [0.29, 0.717) is 5.39 Å². The van der Waals surface area contributed by atoms with Crippen molar-refractivity contribution in [2.24, 2.45) is 0 Å². The summed E-state index contributed by atoms with van der Waals surface area (Å²) in [6, 6.07) is 4.76. The first-order valence-electron chi connectivity index (χ1n) is 4.83. The molecule has 0 atom stereocenters. The van der Waals surface area contributed by atoms with Crippen molar-refractivity contribution in [1.82, 2.24) is 4.98 Å². The quantitative estimate of drug-likeness (QED) is 0.646. The average Bonchev–Trinajstić information content (AvgIpc) is 2.69. The number of fused-ring (bicyclic) bond motifs is 1. The van der Waals surface area contributed by atoms with Gasteiger partial charge in [-0.25, -0.2) is 4.79 Å². The van der Waals surface area contributed by atoms with Gasteiger partial charge in [0.25, 0.3) is 0 Å². The Bertz CT molecular complexity index is 576. The van der Waals surface area contributed by atoms with E-state index in [2.05, 4.69) is 9.72 Å². The first-order valence-corrected chi connectivity index (χ1v) is 4.83. The van der Waals surface area contributed by atoms with Crippen molar-refractivity contribution in [3.63, 3.8) is 0 Å². The second kappa shape index (κ2) is 3.83. The highest BCUT2D eigenvalue weighted by atomic mass is 19.4. The number of carbonyl (C=O) groups is 1. The Balaban J connectivity index is 2.52. The van der Waals surface area contributed by atoms with E-state index in [9.17, 15) is 17.7 Å². The lowest BCUT2D eigenvalue weighted by Crippen LogP contribution is -2.33. The lowest BCUT2D eigenvalue weighted by Gasteiger charge is -2.14. The highest BCUT2D eigenvalue weighted by Gasteiger charge is 2.25. The van der Waals surface area contributed by atoms with Gasteiger partial charge in [0.15, 0.2) is 0 Å². The first-order chi connectivity index (χ1) is 7.91. The van der Waals surface area contributed by atoms with Crippen LogP contribution in [0.25, 0.3) is 10.9 Å². The van der Waals surface area contributed by atoms with Gasteiger partial charge in [-0.15, -0.1) is 5.46 Å². The lowest BCUT2D eigenvalue weighted by atomic mass is 9.80. The molecule has 1 aromatic heterocycles. The van der Waals surface area contributed by atoms with Crippen LogP contribution in [0.15, 0.2) is 24.3 Å². The molecule has 0 fully saturated rings. The molecular weight excluding hydrogens is 234 g/mol. The molecule has 0 bridgehead atoms. The van der Waals surface area contributed by atoms with Crippen molar-refractivity contribution in [3.8, 4) is 0 Å². The van der Waals surface area contributed by atoms with Crippen LogP contribution in [0.4, 0.5) is 12.9 Å². The van der Waals surface area contributed by atoms with Crippen molar-refractivity contribution < 1.29 is 22.5 Å². The van der Waals surface area contributed by atoms with Gasteiger partial charge >= 0.3 is 12.9 Å². The van der Waals surface area contributed by atoms with Crippen LogP contribution in [0, 0.1) is 0 Å². The van der Waals surface area contributed by atoms with Gasteiger partial charge in [0.1, 0.15) is 5.69 Å². The Morgan fingerprint density at radius 1 is 1.29 bits per heavy atom. The SMILES string of the molecule is COC(=O)c1cc2ccc([B-](F)(F)F)cc2[nH]1. The van der Waals surface area contributed by atoms with E-state index in [-0.39, 0.29) is 11.2 Å². The molecule has 0 unspecified atom stereocenters. The number of halogens is 3. The number of carbonyl (C=O) groups excluding carboxylic acids is 1. The molecule has 1 aromatic carbocycles. The minimum absolute atomic E-state index is 0.134. The summed E-state index contributed by atoms with van der Waals surface area (Å²) in [7, 11) is 1.21. The number of ether oxygens (including phenoxy) is 1. The second-order valence-electron chi connectivity index (χ2n) is 3.60. The molecule has 1 N–H and O–H groups in total. The zero-order valence-corrected chi connectivity index (χ0v) is 8.84. The molecule has 0 spiro atoms. The third-order valence-corrected chi connectivity index (χ3v) is 2.43. The number of nitrogens with one attached hydrogen (secondary N) is 1. The van der Waals surface area contributed by atoms with Gasteiger partial charge in [-0.2, -0.15) is 0 Å². The number of esters is 1. The molecule has 3 nitrogen and oxygen atoms in total. The molecule has 0 saturated heterocycles. The maximum Gasteiger partial charge on any atom is 0.509 e. The zero-order valence-electron chi connectivity index (χ0n) is 8.84. The van der Waals surface area contributed by atoms with Crippen molar-refractivity contribution in [1.29, 1.82) is 0 Å². The Hall–Kier alpha value is -1.92. The fourth-order valence-electron chi connectivity index (χ4n) is 1.57. The fourth-order valence-corrected chi connectivity index (χ4v) is 1.57. The zero-order chi connectivity index (χ0) is 12.6. The van der Waals surface area contributed by atoms with Crippen LogP contribution in [0.5, 0.6) is 0 Å². The molecule has 0 saturated carbocycles. The van der Waals surface area contributed by atoms with E-state index in [1.165, 1.54) is 19.2 Å². The monoisotopic (exact) mass is 242 g/mol. The van der Waals surface area contributed by atoms with Gasteiger partial charge in [-0.3, -0.25) is 0 Å². The summed E-state index contributed by atoms with van der Waals surface area (Å²) in [5.41, 5.74) is -0.299. The van der Waals surface area contributed by atoms with Crippen LogP contribution in [-0.2, 0) is 4.74 Å². The maximum atomic E-state index is 12.5. The number of H-pyrrole nitrogens is 1. The summed E-state index contributed by atoms with van der Waals surface area (Å²) < 4.78 is 42.0. The van der Waals surface area contributed by atoms with Crippen LogP contribution in [0.3, 0.4) is 0 Å². The third kappa shape index (κ3) is 2.13.